The molecule has 5 rings (SSSR count). The number of carbonyl (C=O) groups excluding carboxylic acids is 1. The number of imidazole rings is 1. The first-order valence-electron chi connectivity index (χ1n) is 10.2. The summed E-state index contributed by atoms with van der Waals surface area (Å²) in [5.74, 6) is 3.39. The molecule has 1 atom stereocenters. The van der Waals surface area contributed by atoms with Gasteiger partial charge in [0.05, 0.1) is 17.0 Å². The lowest BCUT2D eigenvalue weighted by molar-refractivity contribution is -0.135. The van der Waals surface area contributed by atoms with Crippen molar-refractivity contribution in [2.45, 2.75) is 26.1 Å². The van der Waals surface area contributed by atoms with Crippen LogP contribution < -0.4 is 9.80 Å². The first-order chi connectivity index (χ1) is 14.4. The van der Waals surface area contributed by atoms with Gasteiger partial charge in [-0.1, -0.05) is 12.1 Å². The largest absolute Gasteiger partial charge is 0.356 e. The van der Waals surface area contributed by atoms with Gasteiger partial charge >= 0.3 is 0 Å². The lowest BCUT2D eigenvalue weighted by Crippen LogP contribution is -2.47. The van der Waals surface area contributed by atoms with Crippen molar-refractivity contribution < 1.29 is 9.90 Å². The maximum atomic E-state index is 11.7. The van der Waals surface area contributed by atoms with Crippen molar-refractivity contribution in [2.24, 2.45) is 7.05 Å². The number of para-hydroxylation sites is 2. The fourth-order valence-corrected chi connectivity index (χ4v) is 4.37. The van der Waals surface area contributed by atoms with Crippen molar-refractivity contribution in [3.8, 4) is 0 Å². The van der Waals surface area contributed by atoms with Gasteiger partial charge in [0.15, 0.2) is 0 Å². The van der Waals surface area contributed by atoms with E-state index in [0.29, 0.717) is 30.6 Å². The molecule has 0 spiro atoms. The molecule has 9 heteroatoms. The summed E-state index contributed by atoms with van der Waals surface area (Å²) in [6, 6.07) is 10.1. The van der Waals surface area contributed by atoms with E-state index < -0.39 is 6.35 Å². The Labute approximate surface area is 174 Å². The van der Waals surface area contributed by atoms with Crippen molar-refractivity contribution >= 4 is 28.6 Å². The molecule has 4 heterocycles. The summed E-state index contributed by atoms with van der Waals surface area (Å²) < 4.78 is 2.17. The van der Waals surface area contributed by atoms with Gasteiger partial charge in [0.1, 0.15) is 23.3 Å². The molecule has 1 unspecified atom stereocenters. The van der Waals surface area contributed by atoms with Crippen LogP contribution in [-0.2, 0) is 11.8 Å². The minimum absolute atomic E-state index is 0.149. The molecule has 0 radical (unpaired) electrons. The number of aliphatic hydroxyl groups excluding tert-OH is 1. The second-order valence-electron chi connectivity index (χ2n) is 8.00. The molecule has 156 valence electrons. The molecule has 0 saturated carbocycles. The molecule has 1 amide bonds. The zero-order valence-electron chi connectivity index (χ0n) is 17.4. The van der Waals surface area contributed by atoms with E-state index in [2.05, 4.69) is 32.5 Å². The highest BCUT2D eigenvalue weighted by atomic mass is 16.3. The highest BCUT2D eigenvalue weighted by Crippen LogP contribution is 2.33. The monoisotopic (exact) mass is 407 g/mol. The predicted molar refractivity (Wildman–Crippen MR) is 113 cm³/mol. The summed E-state index contributed by atoms with van der Waals surface area (Å²) >= 11 is 0. The maximum absolute atomic E-state index is 11.7. The summed E-state index contributed by atoms with van der Waals surface area (Å²) in [5.41, 5.74) is 2.16. The Kier molecular flexibility index (Phi) is 4.35. The van der Waals surface area contributed by atoms with Gasteiger partial charge in [-0.25, -0.2) is 15.0 Å². The number of benzene rings is 1. The molecule has 2 aliphatic heterocycles. The Morgan fingerprint density at radius 2 is 1.83 bits per heavy atom. The smallest absolute Gasteiger partial charge is 0.222 e. The molecule has 2 fully saturated rings. The standard InChI is InChI=1S/C21H25N7O2/c1-13-22-18(10-19(23-13)28-9-8-27(14(2)29)21(28)30)26-11-15(12-26)20-24-16-6-4-5-7-17(16)25(20)3/h4-7,10,15,21,30H,8-9,11-12H2,1-3H3. The third-order valence-electron chi connectivity index (χ3n) is 6.04. The minimum atomic E-state index is -0.992. The van der Waals surface area contributed by atoms with Crippen LogP contribution in [0.3, 0.4) is 0 Å². The molecular formula is C21H25N7O2. The third kappa shape index (κ3) is 2.97. The SMILES string of the molecule is CC(=O)N1CCN(c2cc(N3CC(c4nc5ccccc5n4C)C3)nc(C)n2)C1O. The summed E-state index contributed by atoms with van der Waals surface area (Å²) in [7, 11) is 2.07. The Hall–Kier alpha value is -3.20. The van der Waals surface area contributed by atoms with E-state index in [-0.39, 0.29) is 5.91 Å². The van der Waals surface area contributed by atoms with Crippen LogP contribution in [0.2, 0.25) is 0 Å². The van der Waals surface area contributed by atoms with Crippen molar-refractivity contribution in [3.63, 3.8) is 0 Å². The molecule has 9 nitrogen and oxygen atoms in total. The maximum Gasteiger partial charge on any atom is 0.222 e. The normalized spacial score (nSPS) is 19.6. The molecule has 2 aromatic heterocycles. The topological polar surface area (TPSA) is 90.6 Å². The van der Waals surface area contributed by atoms with Gasteiger partial charge in [-0.15, -0.1) is 0 Å². The number of aromatic nitrogens is 4. The molecule has 2 aliphatic rings. The van der Waals surface area contributed by atoms with Gasteiger partial charge in [0.2, 0.25) is 12.3 Å². The summed E-state index contributed by atoms with van der Waals surface area (Å²) in [6.07, 6.45) is -0.992. The Balaban J connectivity index is 1.35. The molecule has 1 N–H and O–H groups in total. The van der Waals surface area contributed by atoms with Crippen LogP contribution in [0, 0.1) is 6.92 Å². The van der Waals surface area contributed by atoms with E-state index in [4.69, 9.17) is 4.98 Å². The first-order valence-corrected chi connectivity index (χ1v) is 10.2. The number of carbonyl (C=O) groups is 1. The van der Waals surface area contributed by atoms with Gasteiger partial charge in [0, 0.05) is 46.2 Å². The van der Waals surface area contributed by atoms with Crippen molar-refractivity contribution in [3.05, 3.63) is 42.0 Å². The molecule has 0 aliphatic carbocycles. The van der Waals surface area contributed by atoms with Crippen molar-refractivity contribution in [1.82, 2.24) is 24.4 Å². The number of rotatable bonds is 3. The Morgan fingerprint density at radius 3 is 2.53 bits per heavy atom. The van der Waals surface area contributed by atoms with E-state index in [1.807, 2.05) is 31.2 Å². The van der Waals surface area contributed by atoms with Crippen LogP contribution in [0.4, 0.5) is 11.6 Å². The number of hydrogen-bond acceptors (Lipinski definition) is 7. The lowest BCUT2D eigenvalue weighted by Gasteiger charge is -2.40. The van der Waals surface area contributed by atoms with E-state index in [1.165, 1.54) is 11.8 Å². The molecule has 3 aromatic rings. The van der Waals surface area contributed by atoms with Gasteiger partial charge in [-0.3, -0.25) is 9.69 Å². The lowest BCUT2D eigenvalue weighted by atomic mass is 9.99. The number of aliphatic hydroxyl groups is 1. The average Bonchev–Trinajstić information content (AvgIpc) is 3.21. The van der Waals surface area contributed by atoms with E-state index in [1.54, 1.807) is 4.90 Å². The number of anilines is 2. The van der Waals surface area contributed by atoms with Crippen molar-refractivity contribution in [1.29, 1.82) is 0 Å². The van der Waals surface area contributed by atoms with Crippen molar-refractivity contribution in [2.75, 3.05) is 36.0 Å². The quantitative estimate of drug-likeness (QED) is 0.698. The Bertz CT molecular complexity index is 1120. The summed E-state index contributed by atoms with van der Waals surface area (Å²) in [5, 5.41) is 10.5. The molecule has 0 bridgehead atoms. The van der Waals surface area contributed by atoms with E-state index >= 15 is 0 Å². The molecular weight excluding hydrogens is 382 g/mol. The molecule has 30 heavy (non-hydrogen) atoms. The van der Waals surface area contributed by atoms with Gasteiger partial charge < -0.3 is 19.5 Å². The zero-order chi connectivity index (χ0) is 21.0. The number of aryl methyl sites for hydroxylation is 2. The van der Waals surface area contributed by atoms with E-state index in [9.17, 15) is 9.90 Å². The fraction of sp³-hybridized carbons (Fsp3) is 0.429. The highest BCUT2D eigenvalue weighted by molar-refractivity contribution is 5.76. The zero-order valence-corrected chi connectivity index (χ0v) is 17.4. The molecule has 1 aromatic carbocycles. The van der Waals surface area contributed by atoms with Gasteiger partial charge in [-0.2, -0.15) is 0 Å². The van der Waals surface area contributed by atoms with Crippen LogP contribution in [0.5, 0.6) is 0 Å². The Morgan fingerprint density at radius 1 is 1.10 bits per heavy atom. The minimum Gasteiger partial charge on any atom is -0.356 e. The van der Waals surface area contributed by atoms with Gasteiger partial charge in [0.25, 0.3) is 0 Å². The van der Waals surface area contributed by atoms with Crippen LogP contribution in [0.15, 0.2) is 30.3 Å². The number of nitrogens with zero attached hydrogens (tertiary/aromatic N) is 7. The second kappa shape index (κ2) is 6.94. The van der Waals surface area contributed by atoms with Crippen LogP contribution in [0.1, 0.15) is 24.5 Å². The number of hydrogen-bond donors (Lipinski definition) is 1. The third-order valence-corrected chi connectivity index (χ3v) is 6.04. The number of fused-ring (bicyclic) bond motifs is 1. The molecule has 2 saturated heterocycles. The van der Waals surface area contributed by atoms with Crippen LogP contribution in [0.25, 0.3) is 11.0 Å². The average molecular weight is 407 g/mol. The fourth-order valence-electron chi connectivity index (χ4n) is 4.37. The highest BCUT2D eigenvalue weighted by Gasteiger charge is 2.35. The van der Waals surface area contributed by atoms with Crippen LogP contribution >= 0.6 is 0 Å². The summed E-state index contributed by atoms with van der Waals surface area (Å²) in [4.78, 5) is 31.0. The van der Waals surface area contributed by atoms with Gasteiger partial charge in [-0.05, 0) is 19.1 Å². The first kappa shape index (κ1) is 18.8. The predicted octanol–water partition coefficient (Wildman–Crippen LogP) is 1.22. The van der Waals surface area contributed by atoms with E-state index in [0.717, 1.165) is 35.8 Å². The number of amides is 1. The second-order valence-corrected chi connectivity index (χ2v) is 8.00. The van der Waals surface area contributed by atoms with Crippen LogP contribution in [-0.4, -0.2) is 68.0 Å². The summed E-state index contributed by atoms with van der Waals surface area (Å²) in [6.45, 7) is 5.99.